The van der Waals surface area contributed by atoms with Crippen molar-refractivity contribution in [2.24, 2.45) is 0 Å². The van der Waals surface area contributed by atoms with Gasteiger partial charge in [-0.3, -0.25) is 4.79 Å². The van der Waals surface area contributed by atoms with Crippen molar-refractivity contribution >= 4 is 11.9 Å². The van der Waals surface area contributed by atoms with Gasteiger partial charge in [-0.15, -0.1) is 0 Å². The van der Waals surface area contributed by atoms with Gasteiger partial charge in [0.1, 0.15) is 0 Å². The van der Waals surface area contributed by atoms with Gasteiger partial charge in [0.25, 0.3) is 0 Å². The standard InChI is InChI=1S/C12H14N4O.C6H6.C3H6/c1-8(17)14-6-9-2-4-10(5-3-9)11-7-15-12(13)16-11;1-2-4-6-5-3-1;1-2-3-1/h2-5,7H,6H2,1H3,(H,14,17)(H3,13,15,16);1-6H;1-3H2. The highest BCUT2D eigenvalue weighted by atomic mass is 16.1. The van der Waals surface area contributed by atoms with Crippen molar-refractivity contribution in [1.29, 1.82) is 0 Å². The average molecular weight is 350 g/mol. The van der Waals surface area contributed by atoms with Gasteiger partial charge in [-0.2, -0.15) is 0 Å². The number of nitrogen functional groups attached to an aromatic ring is 1. The Kier molecular flexibility index (Phi) is 7.93. The minimum atomic E-state index is -0.0320. The molecule has 1 fully saturated rings. The first-order valence-corrected chi connectivity index (χ1v) is 8.79. The summed E-state index contributed by atoms with van der Waals surface area (Å²) in [6.07, 6.45) is 6.19. The van der Waals surface area contributed by atoms with Crippen LogP contribution in [-0.4, -0.2) is 15.9 Å². The minimum Gasteiger partial charge on any atom is -0.369 e. The Bertz CT molecular complexity index is 735. The summed E-state index contributed by atoms with van der Waals surface area (Å²) in [6.45, 7) is 2.04. The molecule has 4 N–H and O–H groups in total. The molecule has 0 saturated heterocycles. The summed E-state index contributed by atoms with van der Waals surface area (Å²) in [7, 11) is 0. The number of hydrogen-bond acceptors (Lipinski definition) is 3. The van der Waals surface area contributed by atoms with Crippen LogP contribution in [0.2, 0.25) is 0 Å². The molecule has 1 amide bonds. The second kappa shape index (κ2) is 10.7. The van der Waals surface area contributed by atoms with Crippen LogP contribution in [0.1, 0.15) is 31.7 Å². The molecule has 0 radical (unpaired) electrons. The number of nitrogens with zero attached hydrogens (tertiary/aromatic N) is 1. The number of aromatic amines is 1. The lowest BCUT2D eigenvalue weighted by molar-refractivity contribution is -0.119. The number of rotatable bonds is 3. The number of carbonyl (C=O) groups is 1. The zero-order chi connectivity index (χ0) is 18.6. The van der Waals surface area contributed by atoms with Crippen LogP contribution in [-0.2, 0) is 11.3 Å². The maximum Gasteiger partial charge on any atom is 0.217 e. The van der Waals surface area contributed by atoms with Crippen molar-refractivity contribution in [3.8, 4) is 11.3 Å². The average Bonchev–Trinajstić information content (AvgIpc) is 3.50. The first-order valence-electron chi connectivity index (χ1n) is 8.79. The molecule has 5 nitrogen and oxygen atoms in total. The van der Waals surface area contributed by atoms with E-state index >= 15 is 0 Å². The Balaban J connectivity index is 0.000000219. The van der Waals surface area contributed by atoms with Gasteiger partial charge in [0.2, 0.25) is 5.91 Å². The number of aromatic nitrogens is 2. The fourth-order valence-corrected chi connectivity index (χ4v) is 1.90. The van der Waals surface area contributed by atoms with E-state index in [-0.39, 0.29) is 5.91 Å². The van der Waals surface area contributed by atoms with Gasteiger partial charge < -0.3 is 16.0 Å². The highest BCUT2D eigenvalue weighted by molar-refractivity contribution is 5.72. The highest BCUT2D eigenvalue weighted by Gasteiger charge is 2.01. The fraction of sp³-hybridized carbons (Fsp3) is 0.238. The van der Waals surface area contributed by atoms with Crippen LogP contribution >= 0.6 is 0 Å². The summed E-state index contributed by atoms with van der Waals surface area (Å²) in [5.41, 5.74) is 8.46. The molecular weight excluding hydrogens is 324 g/mol. The monoisotopic (exact) mass is 350 g/mol. The summed E-state index contributed by atoms with van der Waals surface area (Å²) in [4.78, 5) is 17.7. The Hall–Kier alpha value is -3.08. The second-order valence-corrected chi connectivity index (χ2v) is 6.00. The van der Waals surface area contributed by atoms with Crippen molar-refractivity contribution in [1.82, 2.24) is 15.3 Å². The lowest BCUT2D eigenvalue weighted by Crippen LogP contribution is -2.18. The Morgan fingerprint density at radius 2 is 1.58 bits per heavy atom. The summed E-state index contributed by atoms with van der Waals surface area (Å²) in [5, 5.41) is 2.75. The molecule has 0 aliphatic heterocycles. The van der Waals surface area contributed by atoms with Gasteiger partial charge in [-0.25, -0.2) is 4.98 Å². The molecule has 1 heterocycles. The van der Waals surface area contributed by atoms with Crippen molar-refractivity contribution in [3.05, 3.63) is 72.4 Å². The Morgan fingerprint density at radius 3 is 1.96 bits per heavy atom. The Labute approximate surface area is 154 Å². The van der Waals surface area contributed by atoms with Gasteiger partial charge in [0.05, 0.1) is 11.9 Å². The second-order valence-electron chi connectivity index (χ2n) is 6.00. The Morgan fingerprint density at radius 1 is 1.04 bits per heavy atom. The van der Waals surface area contributed by atoms with E-state index < -0.39 is 0 Å². The molecule has 26 heavy (non-hydrogen) atoms. The van der Waals surface area contributed by atoms with Crippen LogP contribution in [0.3, 0.4) is 0 Å². The minimum absolute atomic E-state index is 0.0320. The predicted octanol–water partition coefficient (Wildman–Crippen LogP) is 4.15. The summed E-state index contributed by atoms with van der Waals surface area (Å²) in [5.74, 6) is 0.373. The number of hydrogen-bond donors (Lipinski definition) is 3. The normalized spacial score (nSPS) is 11.3. The van der Waals surface area contributed by atoms with E-state index in [0.29, 0.717) is 12.5 Å². The van der Waals surface area contributed by atoms with Gasteiger partial charge in [0.15, 0.2) is 5.95 Å². The summed E-state index contributed by atoms with van der Waals surface area (Å²) >= 11 is 0. The van der Waals surface area contributed by atoms with E-state index in [4.69, 9.17) is 5.73 Å². The van der Waals surface area contributed by atoms with Crippen LogP contribution in [0.15, 0.2) is 66.9 Å². The molecule has 136 valence electrons. The topological polar surface area (TPSA) is 83.8 Å². The lowest BCUT2D eigenvalue weighted by Gasteiger charge is -2.03. The fourth-order valence-electron chi connectivity index (χ4n) is 1.90. The van der Waals surface area contributed by atoms with Crippen LogP contribution < -0.4 is 11.1 Å². The quantitative estimate of drug-likeness (QED) is 0.663. The van der Waals surface area contributed by atoms with Gasteiger partial charge in [-0.1, -0.05) is 79.9 Å². The van der Waals surface area contributed by atoms with Gasteiger partial charge in [0, 0.05) is 13.5 Å². The third kappa shape index (κ3) is 8.15. The first-order chi connectivity index (χ1) is 12.6. The molecule has 0 atom stereocenters. The van der Waals surface area contributed by atoms with Crippen molar-refractivity contribution in [3.63, 3.8) is 0 Å². The van der Waals surface area contributed by atoms with Gasteiger partial charge >= 0.3 is 0 Å². The van der Waals surface area contributed by atoms with Crippen LogP contribution in [0.4, 0.5) is 5.95 Å². The molecule has 0 unspecified atom stereocenters. The molecule has 4 rings (SSSR count). The zero-order valence-corrected chi connectivity index (χ0v) is 15.1. The third-order valence-electron chi connectivity index (χ3n) is 3.42. The molecule has 1 aliphatic rings. The van der Waals surface area contributed by atoms with Crippen LogP contribution in [0.25, 0.3) is 11.3 Å². The van der Waals surface area contributed by atoms with E-state index in [1.807, 2.05) is 60.7 Å². The van der Waals surface area contributed by atoms with E-state index in [2.05, 4.69) is 15.3 Å². The predicted molar refractivity (Wildman–Crippen MR) is 106 cm³/mol. The van der Waals surface area contributed by atoms with E-state index in [9.17, 15) is 4.79 Å². The molecule has 3 aromatic rings. The van der Waals surface area contributed by atoms with Crippen molar-refractivity contribution in [2.45, 2.75) is 32.7 Å². The maximum absolute atomic E-state index is 10.8. The number of nitrogens with two attached hydrogens (primary N) is 1. The van der Waals surface area contributed by atoms with E-state index in [1.165, 1.54) is 26.2 Å². The number of carbonyl (C=O) groups excluding carboxylic acids is 1. The summed E-state index contributed by atoms with van der Waals surface area (Å²) < 4.78 is 0. The SMILES string of the molecule is C1CC1.CC(=O)NCc1ccc(-c2cnc(N)[nH]2)cc1.c1ccccc1. The third-order valence-corrected chi connectivity index (χ3v) is 3.42. The molecule has 1 aliphatic carbocycles. The number of anilines is 1. The molecular formula is C21H26N4O. The molecule has 1 saturated carbocycles. The summed E-state index contributed by atoms with van der Waals surface area (Å²) in [6, 6.07) is 19.8. The van der Waals surface area contributed by atoms with Crippen LogP contribution in [0.5, 0.6) is 0 Å². The van der Waals surface area contributed by atoms with Gasteiger partial charge in [-0.05, 0) is 11.1 Å². The van der Waals surface area contributed by atoms with E-state index in [0.717, 1.165) is 16.8 Å². The van der Waals surface area contributed by atoms with Crippen molar-refractivity contribution in [2.75, 3.05) is 5.73 Å². The first kappa shape index (κ1) is 19.2. The molecule has 5 heteroatoms. The smallest absolute Gasteiger partial charge is 0.217 e. The zero-order valence-electron chi connectivity index (χ0n) is 15.1. The molecule has 0 bridgehead atoms. The molecule has 2 aromatic carbocycles. The van der Waals surface area contributed by atoms with Crippen LogP contribution in [0, 0.1) is 0 Å². The van der Waals surface area contributed by atoms with E-state index in [1.54, 1.807) is 6.20 Å². The van der Waals surface area contributed by atoms with Crippen molar-refractivity contribution < 1.29 is 4.79 Å². The molecule has 1 aromatic heterocycles. The molecule has 0 spiro atoms. The number of nitrogens with one attached hydrogen (secondary N) is 2. The number of amides is 1. The lowest BCUT2D eigenvalue weighted by atomic mass is 10.1. The maximum atomic E-state index is 10.8. The number of H-pyrrole nitrogens is 1. The number of benzene rings is 2. The number of imidazole rings is 1. The largest absolute Gasteiger partial charge is 0.369 e. The highest BCUT2D eigenvalue weighted by Crippen LogP contribution is 2.18.